The van der Waals surface area contributed by atoms with Crippen LogP contribution in [0.2, 0.25) is 0 Å². The Balaban J connectivity index is 1.50. The summed E-state index contributed by atoms with van der Waals surface area (Å²) in [5.74, 6) is -3.63. The molecule has 1 aliphatic rings. The molecule has 10 heteroatoms. The molecule has 1 saturated carbocycles. The van der Waals surface area contributed by atoms with E-state index in [0.717, 1.165) is 30.0 Å². The van der Waals surface area contributed by atoms with Gasteiger partial charge in [0.15, 0.2) is 0 Å². The van der Waals surface area contributed by atoms with E-state index in [2.05, 4.69) is 20.1 Å². The zero-order chi connectivity index (χ0) is 23.9. The number of hydrogen-bond donors (Lipinski definition) is 1. The molecule has 4 aromatic rings. The number of primary amides is 1. The second kappa shape index (κ2) is 8.53. The lowest BCUT2D eigenvalue weighted by Gasteiger charge is -2.10. The molecule has 3 aromatic heterocycles. The fourth-order valence-electron chi connectivity index (χ4n) is 3.89. The Bertz CT molecular complexity index is 1350. The molecule has 34 heavy (non-hydrogen) atoms. The molecule has 0 saturated heterocycles. The van der Waals surface area contributed by atoms with Crippen molar-refractivity contribution in [2.75, 3.05) is 0 Å². The monoisotopic (exact) mass is 464 g/mol. The fourth-order valence-corrected chi connectivity index (χ4v) is 3.89. The number of amides is 1. The minimum atomic E-state index is -3.13. The second-order valence-electron chi connectivity index (χ2n) is 8.44. The molecule has 174 valence electrons. The van der Waals surface area contributed by atoms with Gasteiger partial charge in [0, 0.05) is 30.6 Å². The van der Waals surface area contributed by atoms with E-state index in [1.165, 1.54) is 16.9 Å². The van der Waals surface area contributed by atoms with E-state index in [1.54, 1.807) is 12.3 Å². The summed E-state index contributed by atoms with van der Waals surface area (Å²) in [6.45, 7) is 1.26. The third-order valence-corrected chi connectivity index (χ3v) is 5.68. The van der Waals surface area contributed by atoms with Crippen molar-refractivity contribution in [3.8, 4) is 5.95 Å². The largest absolute Gasteiger partial charge is 0.373 e. The Hall–Kier alpha value is -3.79. The third-order valence-electron chi connectivity index (χ3n) is 5.68. The van der Waals surface area contributed by atoms with Gasteiger partial charge in [-0.05, 0) is 24.1 Å². The van der Waals surface area contributed by atoms with Crippen molar-refractivity contribution in [3.63, 3.8) is 0 Å². The van der Waals surface area contributed by atoms with Crippen molar-refractivity contribution in [3.05, 3.63) is 77.5 Å². The first-order valence-corrected chi connectivity index (χ1v) is 10.8. The van der Waals surface area contributed by atoms with Crippen molar-refractivity contribution in [2.45, 2.75) is 44.3 Å². The van der Waals surface area contributed by atoms with Crippen molar-refractivity contribution < 1.29 is 18.3 Å². The highest BCUT2D eigenvalue weighted by Gasteiger charge is 2.43. The van der Waals surface area contributed by atoms with Crippen LogP contribution in [0.5, 0.6) is 0 Å². The van der Waals surface area contributed by atoms with Gasteiger partial charge in [-0.1, -0.05) is 30.3 Å². The predicted molar refractivity (Wildman–Crippen MR) is 119 cm³/mol. The van der Waals surface area contributed by atoms with Crippen molar-refractivity contribution in [1.82, 2.24) is 24.7 Å². The zero-order valence-corrected chi connectivity index (χ0v) is 18.4. The van der Waals surface area contributed by atoms with Crippen LogP contribution in [0, 0.1) is 0 Å². The molecule has 1 fully saturated rings. The van der Waals surface area contributed by atoms with Gasteiger partial charge in [0.25, 0.3) is 11.9 Å². The van der Waals surface area contributed by atoms with Crippen LogP contribution >= 0.6 is 0 Å². The Kier molecular flexibility index (Phi) is 5.52. The summed E-state index contributed by atoms with van der Waals surface area (Å²) in [5.41, 5.74) is 7.71. The Labute approximate surface area is 193 Å². The van der Waals surface area contributed by atoms with Crippen molar-refractivity contribution >= 4 is 16.8 Å². The maximum absolute atomic E-state index is 13.9. The molecule has 0 aliphatic heterocycles. The van der Waals surface area contributed by atoms with Crippen LogP contribution in [-0.2, 0) is 28.5 Å². The lowest BCUT2D eigenvalue weighted by atomic mass is 10.1. The van der Waals surface area contributed by atoms with E-state index < -0.39 is 17.5 Å². The number of pyridine rings is 1. The van der Waals surface area contributed by atoms with E-state index in [0.29, 0.717) is 17.8 Å². The lowest BCUT2D eigenvalue weighted by molar-refractivity contribution is -0.117. The van der Waals surface area contributed by atoms with Gasteiger partial charge in [0.2, 0.25) is 5.91 Å². The van der Waals surface area contributed by atoms with Crippen LogP contribution < -0.4 is 5.73 Å². The van der Waals surface area contributed by atoms with Gasteiger partial charge in [-0.3, -0.25) is 9.78 Å². The predicted octanol–water partition coefficient (Wildman–Crippen LogP) is 3.42. The number of halogens is 2. The van der Waals surface area contributed by atoms with Crippen LogP contribution in [0.4, 0.5) is 8.78 Å². The average molecular weight is 464 g/mol. The smallest absolute Gasteiger partial charge is 0.287 e. The maximum atomic E-state index is 13.9. The fraction of sp³-hybridized carbons (Fsp3) is 0.292. The first-order chi connectivity index (χ1) is 16.3. The summed E-state index contributed by atoms with van der Waals surface area (Å²) in [4.78, 5) is 24.0. The Morgan fingerprint density at radius 1 is 1.24 bits per heavy atom. The molecule has 1 aliphatic carbocycles. The van der Waals surface area contributed by atoms with Gasteiger partial charge in [0.1, 0.15) is 5.69 Å². The van der Waals surface area contributed by atoms with E-state index >= 15 is 0 Å². The molecule has 0 radical (unpaired) electrons. The normalized spacial score (nSPS) is 17.7. The molecule has 8 nitrogen and oxygen atoms in total. The number of aromatic nitrogens is 5. The summed E-state index contributed by atoms with van der Waals surface area (Å²) in [5, 5.41) is 5.40. The number of fused-ring (bicyclic) bond motifs is 1. The summed E-state index contributed by atoms with van der Waals surface area (Å²) in [7, 11) is 0. The molecular weight excluding hydrogens is 442 g/mol. The van der Waals surface area contributed by atoms with E-state index in [9.17, 15) is 13.6 Å². The van der Waals surface area contributed by atoms with Gasteiger partial charge in [0.05, 0.1) is 36.0 Å². The highest BCUT2D eigenvalue weighted by atomic mass is 19.3. The van der Waals surface area contributed by atoms with Crippen LogP contribution in [0.25, 0.3) is 16.9 Å². The molecule has 1 amide bonds. The Morgan fingerprint density at radius 2 is 2.03 bits per heavy atom. The number of alkyl halides is 2. The number of hydrogen-bond acceptors (Lipinski definition) is 6. The number of ether oxygens (including phenoxy) is 1. The summed E-state index contributed by atoms with van der Waals surface area (Å²) in [6, 6.07) is 12.7. The molecule has 0 spiro atoms. The van der Waals surface area contributed by atoms with Crippen molar-refractivity contribution in [1.29, 1.82) is 0 Å². The highest BCUT2D eigenvalue weighted by Crippen LogP contribution is 2.46. The standard InChI is InChI=1S/C24H22F2N6O2/c1-24(25,26)20-7-8-28-23(30-20)32-18-9-15(10-21(27)33)29-12-17(18)22(31-32)16-11-19(16)34-13-14-5-3-2-4-6-14/h2-9,12,16,19H,10-11,13H2,1H3,(H2,27,33). The van der Waals surface area contributed by atoms with Gasteiger partial charge in [-0.15, -0.1) is 0 Å². The van der Waals surface area contributed by atoms with Gasteiger partial charge in [-0.2, -0.15) is 18.6 Å². The first kappa shape index (κ1) is 22.0. The SMILES string of the molecule is CC(F)(F)c1ccnc(-n2nc(C3CC3OCc3ccccc3)c3cnc(CC(N)=O)cc32)n1. The molecule has 3 heterocycles. The quantitative estimate of drug-likeness (QED) is 0.428. The van der Waals surface area contributed by atoms with E-state index in [-0.39, 0.29) is 24.4 Å². The van der Waals surface area contributed by atoms with Crippen LogP contribution in [0.3, 0.4) is 0 Å². The molecule has 2 atom stereocenters. The van der Waals surface area contributed by atoms with Gasteiger partial charge < -0.3 is 10.5 Å². The van der Waals surface area contributed by atoms with Gasteiger partial charge >= 0.3 is 0 Å². The molecule has 2 N–H and O–H groups in total. The summed E-state index contributed by atoms with van der Waals surface area (Å²) < 4.78 is 35.3. The van der Waals surface area contributed by atoms with Crippen molar-refractivity contribution in [2.24, 2.45) is 5.73 Å². The number of benzene rings is 1. The zero-order valence-electron chi connectivity index (χ0n) is 18.4. The summed E-state index contributed by atoms with van der Waals surface area (Å²) >= 11 is 0. The third kappa shape index (κ3) is 4.49. The minimum absolute atomic E-state index is 0.00824. The minimum Gasteiger partial charge on any atom is -0.373 e. The van der Waals surface area contributed by atoms with Crippen LogP contribution in [-0.4, -0.2) is 36.7 Å². The van der Waals surface area contributed by atoms with E-state index in [4.69, 9.17) is 10.5 Å². The highest BCUT2D eigenvalue weighted by molar-refractivity contribution is 5.85. The number of carbonyl (C=O) groups excluding carboxylic acids is 1. The number of nitrogens with two attached hydrogens (primary N) is 1. The number of nitrogens with zero attached hydrogens (tertiary/aromatic N) is 5. The topological polar surface area (TPSA) is 109 Å². The van der Waals surface area contributed by atoms with Crippen LogP contribution in [0.15, 0.2) is 54.9 Å². The number of rotatable bonds is 8. The second-order valence-corrected chi connectivity index (χ2v) is 8.44. The summed E-state index contributed by atoms with van der Waals surface area (Å²) in [6.07, 6.45) is 3.59. The maximum Gasteiger partial charge on any atom is 0.287 e. The molecule has 5 rings (SSSR count). The number of carbonyl (C=O) groups is 1. The van der Waals surface area contributed by atoms with Crippen LogP contribution in [0.1, 0.15) is 41.9 Å². The first-order valence-electron chi connectivity index (χ1n) is 10.8. The average Bonchev–Trinajstić information content (AvgIpc) is 3.49. The lowest BCUT2D eigenvalue weighted by Crippen LogP contribution is -2.15. The molecule has 2 unspecified atom stereocenters. The molecule has 0 bridgehead atoms. The van der Waals surface area contributed by atoms with Gasteiger partial charge in [-0.25, -0.2) is 9.97 Å². The molecule has 1 aromatic carbocycles. The molecular formula is C24H22F2N6O2. The van der Waals surface area contributed by atoms with E-state index in [1.807, 2.05) is 30.3 Å². The Morgan fingerprint density at radius 3 is 2.76 bits per heavy atom.